The number of fused-ring (bicyclic) bond motifs is 3. The second-order valence-corrected chi connectivity index (χ2v) is 7.95. The third-order valence-corrected chi connectivity index (χ3v) is 6.12. The summed E-state index contributed by atoms with van der Waals surface area (Å²) >= 11 is 0. The Kier molecular flexibility index (Phi) is 5.03. The van der Waals surface area contributed by atoms with Crippen molar-refractivity contribution in [1.29, 1.82) is 0 Å². The fraction of sp³-hybridized carbons (Fsp3) is 0.360. The number of benzene rings is 2. The molecule has 146 valence electrons. The average Bonchev–Trinajstić information content (AvgIpc) is 3.01. The SMILES string of the molecule is CCC1c2c(c3cc(C)ccc3n2/C=C(\C)c2ccc(OC)cc2)CCN1C. The van der Waals surface area contributed by atoms with Crippen LogP contribution in [0, 0.1) is 6.92 Å². The average molecular weight is 375 g/mol. The number of hydrogen-bond acceptors (Lipinski definition) is 2. The Labute approximate surface area is 168 Å². The standard InChI is InChI=1S/C25H30N2O/c1-6-23-25-21(13-14-26(23)4)22-15-17(2)7-12-24(22)27(25)16-18(3)19-8-10-20(28-5)11-9-19/h7-12,15-16,23H,6,13-14H2,1-5H3/b18-16+. The zero-order valence-electron chi connectivity index (χ0n) is 17.6. The van der Waals surface area contributed by atoms with Gasteiger partial charge in [0.2, 0.25) is 0 Å². The van der Waals surface area contributed by atoms with Crippen LogP contribution >= 0.6 is 0 Å². The van der Waals surface area contributed by atoms with Gasteiger partial charge < -0.3 is 9.30 Å². The van der Waals surface area contributed by atoms with Crippen LogP contribution in [-0.4, -0.2) is 30.2 Å². The smallest absolute Gasteiger partial charge is 0.118 e. The lowest BCUT2D eigenvalue weighted by molar-refractivity contribution is 0.220. The molecule has 1 unspecified atom stereocenters. The molecule has 0 bridgehead atoms. The fourth-order valence-electron chi connectivity index (χ4n) is 4.56. The first-order chi connectivity index (χ1) is 13.5. The largest absolute Gasteiger partial charge is 0.497 e. The number of ether oxygens (including phenoxy) is 1. The summed E-state index contributed by atoms with van der Waals surface area (Å²) < 4.78 is 7.76. The van der Waals surface area contributed by atoms with Gasteiger partial charge in [-0.3, -0.25) is 4.90 Å². The van der Waals surface area contributed by atoms with Crippen LogP contribution in [0.25, 0.3) is 22.7 Å². The lowest BCUT2D eigenvalue weighted by Crippen LogP contribution is -2.32. The number of hydrogen-bond donors (Lipinski definition) is 0. The molecule has 3 heteroatoms. The maximum atomic E-state index is 5.31. The molecule has 28 heavy (non-hydrogen) atoms. The molecule has 0 saturated carbocycles. The molecular formula is C25H30N2O. The van der Waals surface area contributed by atoms with Crippen molar-refractivity contribution in [3.63, 3.8) is 0 Å². The minimum Gasteiger partial charge on any atom is -0.497 e. The molecule has 0 N–H and O–H groups in total. The van der Waals surface area contributed by atoms with E-state index in [9.17, 15) is 0 Å². The number of nitrogens with zero attached hydrogens (tertiary/aromatic N) is 2. The van der Waals surface area contributed by atoms with Crippen LogP contribution < -0.4 is 4.74 Å². The van der Waals surface area contributed by atoms with Crippen LogP contribution in [0.15, 0.2) is 42.5 Å². The van der Waals surface area contributed by atoms with Crippen LogP contribution in [0.3, 0.4) is 0 Å². The second kappa shape index (κ2) is 7.48. The summed E-state index contributed by atoms with van der Waals surface area (Å²) in [6.07, 6.45) is 4.55. The van der Waals surface area contributed by atoms with E-state index in [0.717, 1.165) is 25.1 Å². The molecule has 4 rings (SSSR count). The number of methoxy groups -OCH3 is 1. The second-order valence-electron chi connectivity index (χ2n) is 7.95. The van der Waals surface area contributed by atoms with E-state index in [0.29, 0.717) is 6.04 Å². The van der Waals surface area contributed by atoms with Crippen LogP contribution in [-0.2, 0) is 6.42 Å². The van der Waals surface area contributed by atoms with Crippen molar-refractivity contribution in [1.82, 2.24) is 9.47 Å². The molecule has 1 aromatic heterocycles. The molecule has 3 nitrogen and oxygen atoms in total. The quantitative estimate of drug-likeness (QED) is 0.564. The number of likely N-dealkylation sites (N-methyl/N-ethyl adjacent to an activating group) is 1. The molecular weight excluding hydrogens is 344 g/mol. The Morgan fingerprint density at radius 1 is 1.18 bits per heavy atom. The van der Waals surface area contributed by atoms with Gasteiger partial charge in [0.05, 0.1) is 18.7 Å². The normalized spacial score (nSPS) is 17.8. The Morgan fingerprint density at radius 2 is 1.93 bits per heavy atom. The van der Waals surface area contributed by atoms with Crippen molar-refractivity contribution >= 4 is 22.7 Å². The van der Waals surface area contributed by atoms with Gasteiger partial charge in [0.15, 0.2) is 0 Å². The summed E-state index contributed by atoms with van der Waals surface area (Å²) in [7, 11) is 3.96. The summed E-state index contributed by atoms with van der Waals surface area (Å²) in [5, 5.41) is 1.42. The number of aromatic nitrogens is 1. The molecule has 0 saturated heterocycles. The Hall–Kier alpha value is -2.52. The van der Waals surface area contributed by atoms with Crippen LogP contribution in [0.2, 0.25) is 0 Å². The van der Waals surface area contributed by atoms with Gasteiger partial charge in [0, 0.05) is 23.8 Å². The maximum absolute atomic E-state index is 5.31. The lowest BCUT2D eigenvalue weighted by atomic mass is 9.96. The number of rotatable bonds is 4. The maximum Gasteiger partial charge on any atom is 0.118 e. The molecule has 2 aromatic carbocycles. The molecule has 0 fully saturated rings. The molecule has 0 spiro atoms. The summed E-state index contributed by atoms with van der Waals surface area (Å²) in [4.78, 5) is 2.50. The summed E-state index contributed by atoms with van der Waals surface area (Å²) in [6.45, 7) is 7.80. The Morgan fingerprint density at radius 3 is 2.61 bits per heavy atom. The van der Waals surface area contributed by atoms with Crippen molar-refractivity contribution in [3.05, 3.63) is 64.8 Å². The molecule has 1 atom stereocenters. The topological polar surface area (TPSA) is 17.4 Å². The van der Waals surface area contributed by atoms with E-state index in [1.54, 1.807) is 7.11 Å². The number of aryl methyl sites for hydroxylation is 1. The minimum absolute atomic E-state index is 0.455. The van der Waals surface area contributed by atoms with Crippen LogP contribution in [0.4, 0.5) is 0 Å². The fourth-order valence-corrected chi connectivity index (χ4v) is 4.56. The van der Waals surface area contributed by atoms with E-state index < -0.39 is 0 Å². The zero-order valence-corrected chi connectivity index (χ0v) is 17.6. The summed E-state index contributed by atoms with van der Waals surface area (Å²) in [6, 6.07) is 15.7. The molecule has 1 aliphatic rings. The van der Waals surface area contributed by atoms with E-state index in [1.165, 1.54) is 38.9 Å². The van der Waals surface area contributed by atoms with E-state index in [-0.39, 0.29) is 0 Å². The van der Waals surface area contributed by atoms with E-state index in [4.69, 9.17) is 4.74 Å². The highest BCUT2D eigenvalue weighted by Gasteiger charge is 2.29. The van der Waals surface area contributed by atoms with Crippen molar-refractivity contribution in [3.8, 4) is 5.75 Å². The van der Waals surface area contributed by atoms with Gasteiger partial charge in [0.1, 0.15) is 5.75 Å². The summed E-state index contributed by atoms with van der Waals surface area (Å²) in [5.41, 5.74) is 8.12. The third kappa shape index (κ3) is 3.14. The highest BCUT2D eigenvalue weighted by Crippen LogP contribution is 2.39. The first-order valence-electron chi connectivity index (χ1n) is 10.2. The van der Waals surface area contributed by atoms with Gasteiger partial charge in [-0.1, -0.05) is 30.7 Å². The first kappa shape index (κ1) is 18.8. The van der Waals surface area contributed by atoms with E-state index >= 15 is 0 Å². The van der Waals surface area contributed by atoms with Gasteiger partial charge in [-0.2, -0.15) is 0 Å². The molecule has 2 heterocycles. The zero-order chi connectivity index (χ0) is 19.8. The van der Waals surface area contributed by atoms with Gasteiger partial charge in [-0.15, -0.1) is 0 Å². The highest BCUT2D eigenvalue weighted by molar-refractivity contribution is 5.90. The highest BCUT2D eigenvalue weighted by atomic mass is 16.5. The van der Waals surface area contributed by atoms with Crippen LogP contribution in [0.1, 0.15) is 48.7 Å². The minimum atomic E-state index is 0.455. The van der Waals surface area contributed by atoms with Crippen molar-refractivity contribution < 1.29 is 4.74 Å². The molecule has 0 aliphatic carbocycles. The van der Waals surface area contributed by atoms with Gasteiger partial charge in [0.25, 0.3) is 0 Å². The monoisotopic (exact) mass is 374 g/mol. The predicted molar refractivity (Wildman–Crippen MR) is 119 cm³/mol. The molecule has 1 aliphatic heterocycles. The molecule has 0 radical (unpaired) electrons. The number of allylic oxidation sites excluding steroid dienone is 1. The molecule has 3 aromatic rings. The van der Waals surface area contributed by atoms with Crippen molar-refractivity contribution in [2.45, 2.75) is 39.7 Å². The Bertz CT molecular complexity index is 1030. The van der Waals surface area contributed by atoms with Gasteiger partial charge in [-0.05, 0) is 74.7 Å². The van der Waals surface area contributed by atoms with Crippen LogP contribution in [0.5, 0.6) is 5.75 Å². The lowest BCUT2D eigenvalue weighted by Gasteiger charge is -2.33. The van der Waals surface area contributed by atoms with Gasteiger partial charge in [-0.25, -0.2) is 0 Å². The first-order valence-corrected chi connectivity index (χ1v) is 10.2. The van der Waals surface area contributed by atoms with E-state index in [2.05, 4.69) is 73.8 Å². The third-order valence-electron chi connectivity index (χ3n) is 6.12. The van der Waals surface area contributed by atoms with E-state index in [1.807, 2.05) is 12.1 Å². The molecule has 0 amide bonds. The Balaban J connectivity index is 1.91. The van der Waals surface area contributed by atoms with Gasteiger partial charge >= 0.3 is 0 Å². The predicted octanol–water partition coefficient (Wildman–Crippen LogP) is 5.92. The summed E-state index contributed by atoms with van der Waals surface area (Å²) in [5.74, 6) is 0.892. The van der Waals surface area contributed by atoms with Crippen molar-refractivity contribution in [2.24, 2.45) is 0 Å². The van der Waals surface area contributed by atoms with Crippen molar-refractivity contribution in [2.75, 3.05) is 20.7 Å².